The van der Waals surface area contributed by atoms with Crippen molar-refractivity contribution in [1.82, 2.24) is 15.1 Å². The smallest absolute Gasteiger partial charge is 0.349 e. The fraction of sp³-hybridized carbons (Fsp3) is 0.556. The van der Waals surface area contributed by atoms with Gasteiger partial charge in [-0.25, -0.2) is 4.79 Å². The lowest BCUT2D eigenvalue weighted by molar-refractivity contribution is -0.137. The lowest BCUT2D eigenvalue weighted by atomic mass is 10.0. The van der Waals surface area contributed by atoms with Crippen LogP contribution in [0.25, 0.3) is 0 Å². The normalized spacial score (nSPS) is 18.9. The van der Waals surface area contributed by atoms with E-state index < -0.39 is 17.6 Å². The predicted molar refractivity (Wildman–Crippen MR) is 89.7 cm³/mol. The van der Waals surface area contributed by atoms with Crippen LogP contribution in [0.1, 0.15) is 41.6 Å². The minimum Gasteiger partial charge on any atom is -0.349 e. The number of carbonyl (C=O) groups is 2. The van der Waals surface area contributed by atoms with E-state index >= 15 is 0 Å². The highest BCUT2D eigenvalue weighted by molar-refractivity contribution is 5.96. The molecule has 2 aliphatic rings. The summed E-state index contributed by atoms with van der Waals surface area (Å²) in [6.45, 7) is 2.57. The van der Waals surface area contributed by atoms with E-state index in [-0.39, 0.29) is 17.6 Å². The van der Waals surface area contributed by atoms with Crippen LogP contribution in [0.3, 0.4) is 0 Å². The standard InChI is InChI=1S/C18H22F3N3O2/c19-18(20,21)15-6-2-1-5-14(15)16(25)22-13-7-11-24(12-8-13)17(26)23-9-3-4-10-23/h1-2,5-6,13H,3-4,7-12H2,(H,22,25). The Morgan fingerprint density at radius 2 is 1.54 bits per heavy atom. The lowest BCUT2D eigenvalue weighted by Gasteiger charge is -2.34. The minimum absolute atomic E-state index is 0.0229. The summed E-state index contributed by atoms with van der Waals surface area (Å²) in [7, 11) is 0. The topological polar surface area (TPSA) is 52.7 Å². The van der Waals surface area contributed by atoms with Crippen molar-refractivity contribution in [2.24, 2.45) is 0 Å². The van der Waals surface area contributed by atoms with Crippen LogP contribution in [-0.4, -0.2) is 54.0 Å². The molecule has 26 heavy (non-hydrogen) atoms. The third-order valence-electron chi connectivity index (χ3n) is 4.95. The SMILES string of the molecule is O=C(NC1CCN(C(=O)N2CCCC2)CC1)c1ccccc1C(F)(F)F. The molecular formula is C18H22F3N3O2. The first-order valence-corrected chi connectivity index (χ1v) is 8.87. The van der Waals surface area contributed by atoms with Crippen molar-refractivity contribution in [2.45, 2.75) is 37.9 Å². The summed E-state index contributed by atoms with van der Waals surface area (Å²) in [6, 6.07) is 4.57. The lowest BCUT2D eigenvalue weighted by Crippen LogP contribution is -2.50. The largest absolute Gasteiger partial charge is 0.417 e. The van der Waals surface area contributed by atoms with Crippen molar-refractivity contribution in [3.8, 4) is 0 Å². The molecule has 5 nitrogen and oxygen atoms in total. The van der Waals surface area contributed by atoms with Crippen molar-refractivity contribution >= 4 is 11.9 Å². The summed E-state index contributed by atoms with van der Waals surface area (Å²) in [5.41, 5.74) is -1.30. The predicted octanol–water partition coefficient (Wildman–Crippen LogP) is 3.12. The zero-order valence-electron chi connectivity index (χ0n) is 14.4. The van der Waals surface area contributed by atoms with E-state index in [1.807, 2.05) is 4.90 Å². The minimum atomic E-state index is -4.57. The Labute approximate surface area is 150 Å². The number of nitrogens with one attached hydrogen (secondary N) is 1. The van der Waals surface area contributed by atoms with Gasteiger partial charge in [0.25, 0.3) is 5.91 Å². The highest BCUT2D eigenvalue weighted by Crippen LogP contribution is 2.32. The average Bonchev–Trinajstić information content (AvgIpc) is 3.15. The van der Waals surface area contributed by atoms with Gasteiger partial charge in [-0.15, -0.1) is 0 Å². The van der Waals surface area contributed by atoms with Gasteiger partial charge in [0.15, 0.2) is 0 Å². The van der Waals surface area contributed by atoms with Crippen LogP contribution in [-0.2, 0) is 6.18 Å². The van der Waals surface area contributed by atoms with Crippen LogP contribution in [0, 0.1) is 0 Å². The highest BCUT2D eigenvalue weighted by atomic mass is 19.4. The summed E-state index contributed by atoms with van der Waals surface area (Å²) >= 11 is 0. The second-order valence-corrected chi connectivity index (χ2v) is 6.75. The van der Waals surface area contributed by atoms with Crippen molar-refractivity contribution in [3.05, 3.63) is 35.4 Å². The first-order chi connectivity index (χ1) is 12.4. The Hall–Kier alpha value is -2.25. The molecule has 1 N–H and O–H groups in total. The molecule has 0 aliphatic carbocycles. The number of alkyl halides is 3. The Balaban J connectivity index is 1.56. The molecule has 0 bridgehead atoms. The fourth-order valence-corrected chi connectivity index (χ4v) is 3.51. The summed E-state index contributed by atoms with van der Waals surface area (Å²) in [5, 5.41) is 2.69. The number of carbonyl (C=O) groups excluding carboxylic acids is 2. The first kappa shape index (κ1) is 18.5. The van der Waals surface area contributed by atoms with E-state index in [9.17, 15) is 22.8 Å². The maximum atomic E-state index is 13.0. The van der Waals surface area contributed by atoms with Gasteiger partial charge in [0.05, 0.1) is 11.1 Å². The maximum Gasteiger partial charge on any atom is 0.417 e. The molecule has 2 fully saturated rings. The molecular weight excluding hydrogens is 347 g/mol. The van der Waals surface area contributed by atoms with Crippen LogP contribution >= 0.6 is 0 Å². The Morgan fingerprint density at radius 1 is 0.962 bits per heavy atom. The van der Waals surface area contributed by atoms with E-state index in [0.29, 0.717) is 25.9 Å². The molecule has 3 rings (SSSR count). The van der Waals surface area contributed by atoms with E-state index in [0.717, 1.165) is 32.0 Å². The molecule has 1 aromatic rings. The number of hydrogen-bond donors (Lipinski definition) is 1. The average molecular weight is 369 g/mol. The molecule has 0 radical (unpaired) electrons. The number of benzene rings is 1. The van der Waals surface area contributed by atoms with E-state index in [2.05, 4.69) is 5.32 Å². The van der Waals surface area contributed by atoms with Crippen molar-refractivity contribution in [2.75, 3.05) is 26.2 Å². The number of likely N-dealkylation sites (tertiary alicyclic amines) is 2. The number of nitrogens with zero attached hydrogens (tertiary/aromatic N) is 2. The van der Waals surface area contributed by atoms with Gasteiger partial charge in [-0.3, -0.25) is 4.79 Å². The molecule has 1 aromatic carbocycles. The van der Waals surface area contributed by atoms with Gasteiger partial charge in [-0.1, -0.05) is 12.1 Å². The highest BCUT2D eigenvalue weighted by Gasteiger charge is 2.35. The number of hydrogen-bond acceptors (Lipinski definition) is 2. The van der Waals surface area contributed by atoms with Gasteiger partial charge in [0.2, 0.25) is 0 Å². The van der Waals surface area contributed by atoms with Gasteiger partial charge in [0.1, 0.15) is 0 Å². The number of halogens is 3. The number of rotatable bonds is 2. The summed E-state index contributed by atoms with van der Waals surface area (Å²) in [5.74, 6) is -0.720. The summed E-state index contributed by atoms with van der Waals surface area (Å²) < 4.78 is 39.1. The zero-order valence-corrected chi connectivity index (χ0v) is 14.4. The Kier molecular flexibility index (Phi) is 5.38. The van der Waals surface area contributed by atoms with Gasteiger partial charge in [-0.05, 0) is 37.8 Å². The molecule has 2 saturated heterocycles. The van der Waals surface area contributed by atoms with Crippen LogP contribution < -0.4 is 5.32 Å². The summed E-state index contributed by atoms with van der Waals surface area (Å²) in [6.07, 6.45) is -1.44. The third kappa shape index (κ3) is 4.11. The summed E-state index contributed by atoms with van der Waals surface area (Å²) in [4.78, 5) is 28.2. The van der Waals surface area contributed by atoms with Crippen molar-refractivity contribution < 1.29 is 22.8 Å². The second kappa shape index (κ2) is 7.55. The molecule has 0 unspecified atom stereocenters. The van der Waals surface area contributed by atoms with Gasteiger partial charge >= 0.3 is 12.2 Å². The van der Waals surface area contributed by atoms with Crippen LogP contribution in [0.2, 0.25) is 0 Å². The Bertz CT molecular complexity index is 664. The molecule has 8 heteroatoms. The van der Waals surface area contributed by atoms with E-state index in [4.69, 9.17) is 0 Å². The number of amides is 3. The molecule has 3 amide bonds. The first-order valence-electron chi connectivity index (χ1n) is 8.87. The molecule has 2 aliphatic heterocycles. The van der Waals surface area contributed by atoms with Crippen LogP contribution in [0.4, 0.5) is 18.0 Å². The van der Waals surface area contributed by atoms with Gasteiger partial charge in [0, 0.05) is 32.2 Å². The molecule has 0 atom stereocenters. The molecule has 0 aromatic heterocycles. The zero-order chi connectivity index (χ0) is 18.7. The second-order valence-electron chi connectivity index (χ2n) is 6.75. The quantitative estimate of drug-likeness (QED) is 0.871. The maximum absolute atomic E-state index is 13.0. The van der Waals surface area contributed by atoms with Crippen molar-refractivity contribution in [3.63, 3.8) is 0 Å². The molecule has 142 valence electrons. The van der Waals surface area contributed by atoms with E-state index in [1.165, 1.54) is 18.2 Å². The van der Waals surface area contributed by atoms with Crippen molar-refractivity contribution in [1.29, 1.82) is 0 Å². The number of piperidine rings is 1. The Morgan fingerprint density at radius 3 is 2.15 bits per heavy atom. The van der Waals surface area contributed by atoms with Gasteiger partial charge < -0.3 is 15.1 Å². The van der Waals surface area contributed by atoms with E-state index in [1.54, 1.807) is 4.90 Å². The molecule has 2 heterocycles. The third-order valence-corrected chi connectivity index (χ3v) is 4.95. The monoisotopic (exact) mass is 369 g/mol. The molecule has 0 saturated carbocycles. The molecule has 0 spiro atoms. The van der Waals surface area contributed by atoms with Crippen LogP contribution in [0.15, 0.2) is 24.3 Å². The fourth-order valence-electron chi connectivity index (χ4n) is 3.51. The van der Waals surface area contributed by atoms with Crippen LogP contribution in [0.5, 0.6) is 0 Å². The van der Waals surface area contributed by atoms with Gasteiger partial charge in [-0.2, -0.15) is 13.2 Å². The number of urea groups is 1.